The van der Waals surface area contributed by atoms with Crippen molar-refractivity contribution in [1.82, 2.24) is 15.1 Å². The summed E-state index contributed by atoms with van der Waals surface area (Å²) in [6.07, 6.45) is 9.95. The van der Waals surface area contributed by atoms with Gasteiger partial charge in [-0.05, 0) is 90.0 Å². The highest BCUT2D eigenvalue weighted by Crippen LogP contribution is 2.47. The Morgan fingerprint density at radius 1 is 1.08 bits per heavy atom. The number of amides is 1. The largest absolute Gasteiger partial charge is 0.354 e. The summed E-state index contributed by atoms with van der Waals surface area (Å²) in [6, 6.07) is 0.0992. The molecule has 2 bridgehead atoms. The second-order valence-electron chi connectivity index (χ2n) is 9.23. The van der Waals surface area contributed by atoms with Gasteiger partial charge in [-0.1, -0.05) is 6.42 Å². The first-order valence-corrected chi connectivity index (χ1v) is 10.6. The molecule has 2 aliphatic carbocycles. The van der Waals surface area contributed by atoms with Gasteiger partial charge in [0.2, 0.25) is 5.91 Å². The Morgan fingerprint density at radius 2 is 1.76 bits per heavy atom. The molecule has 0 spiro atoms. The molecule has 4 rings (SSSR count). The Labute approximate surface area is 152 Å². The van der Waals surface area contributed by atoms with Crippen molar-refractivity contribution >= 4 is 5.91 Å². The van der Waals surface area contributed by atoms with Crippen LogP contribution in [0.2, 0.25) is 0 Å². The van der Waals surface area contributed by atoms with Gasteiger partial charge in [-0.3, -0.25) is 9.69 Å². The lowest BCUT2D eigenvalue weighted by Gasteiger charge is -2.50. The predicted octanol–water partition coefficient (Wildman–Crippen LogP) is 1.43. The Kier molecular flexibility index (Phi) is 5.09. The fourth-order valence-electron chi connectivity index (χ4n) is 6.10. The van der Waals surface area contributed by atoms with Gasteiger partial charge >= 0.3 is 0 Å². The summed E-state index contributed by atoms with van der Waals surface area (Å²) < 4.78 is 0. The highest BCUT2D eigenvalue weighted by molar-refractivity contribution is 5.80. The van der Waals surface area contributed by atoms with E-state index in [0.717, 1.165) is 19.6 Å². The summed E-state index contributed by atoms with van der Waals surface area (Å²) in [7, 11) is 2.22. The van der Waals surface area contributed by atoms with Gasteiger partial charge in [0, 0.05) is 18.1 Å². The molecule has 4 aliphatic rings. The van der Waals surface area contributed by atoms with E-state index >= 15 is 0 Å². The number of nitrogens with zero attached hydrogens (tertiary/aromatic N) is 2. The quantitative estimate of drug-likeness (QED) is 0.807. The van der Waals surface area contributed by atoms with Crippen molar-refractivity contribution in [2.24, 2.45) is 23.5 Å². The second kappa shape index (κ2) is 7.16. The highest BCUT2D eigenvalue weighted by Gasteiger charge is 2.49. The van der Waals surface area contributed by atoms with Crippen LogP contribution in [0, 0.1) is 17.8 Å². The maximum absolute atomic E-state index is 13.0. The van der Waals surface area contributed by atoms with Gasteiger partial charge in [0.15, 0.2) is 0 Å². The predicted molar refractivity (Wildman–Crippen MR) is 100 cm³/mol. The summed E-state index contributed by atoms with van der Waals surface area (Å²) in [5.74, 6) is 1.46. The SMILES string of the molecule is CN1CCC(CNC(=O)C2C3CCC(C3)C2N)(N2CCCCC2)CC1. The van der Waals surface area contributed by atoms with Crippen molar-refractivity contribution in [3.05, 3.63) is 0 Å². The molecule has 4 fully saturated rings. The highest BCUT2D eigenvalue weighted by atomic mass is 16.2. The van der Waals surface area contributed by atoms with E-state index in [1.807, 2.05) is 0 Å². The number of carbonyl (C=O) groups is 1. The van der Waals surface area contributed by atoms with Gasteiger partial charge in [0.05, 0.1) is 5.92 Å². The summed E-state index contributed by atoms with van der Waals surface area (Å²) in [6.45, 7) is 5.50. The molecule has 25 heavy (non-hydrogen) atoms. The molecule has 0 aromatic rings. The Morgan fingerprint density at radius 3 is 2.40 bits per heavy atom. The molecular formula is C20H36N4O. The molecule has 1 amide bonds. The smallest absolute Gasteiger partial charge is 0.225 e. The van der Waals surface area contributed by atoms with Crippen molar-refractivity contribution in [2.45, 2.75) is 62.9 Å². The number of hydrogen-bond acceptors (Lipinski definition) is 4. The molecule has 2 saturated heterocycles. The van der Waals surface area contributed by atoms with Crippen LogP contribution >= 0.6 is 0 Å². The monoisotopic (exact) mass is 348 g/mol. The van der Waals surface area contributed by atoms with Crippen LogP contribution in [0.4, 0.5) is 0 Å². The topological polar surface area (TPSA) is 61.6 Å². The fraction of sp³-hybridized carbons (Fsp3) is 0.950. The number of nitrogens with one attached hydrogen (secondary N) is 1. The minimum Gasteiger partial charge on any atom is -0.354 e. The number of carbonyl (C=O) groups excluding carboxylic acids is 1. The van der Waals surface area contributed by atoms with Crippen LogP contribution < -0.4 is 11.1 Å². The number of nitrogens with two attached hydrogens (primary N) is 1. The van der Waals surface area contributed by atoms with Crippen molar-refractivity contribution in [1.29, 1.82) is 0 Å². The Bertz CT molecular complexity index is 480. The van der Waals surface area contributed by atoms with Gasteiger partial charge in [0.1, 0.15) is 0 Å². The van der Waals surface area contributed by atoms with Crippen LogP contribution in [-0.4, -0.2) is 67.1 Å². The fourth-order valence-corrected chi connectivity index (χ4v) is 6.10. The molecule has 0 aromatic carbocycles. The summed E-state index contributed by atoms with van der Waals surface area (Å²) >= 11 is 0. The third-order valence-electron chi connectivity index (χ3n) is 7.82. The zero-order valence-electron chi connectivity index (χ0n) is 15.9. The average Bonchev–Trinajstić information content (AvgIpc) is 3.23. The van der Waals surface area contributed by atoms with Crippen molar-refractivity contribution < 1.29 is 4.79 Å². The molecule has 5 nitrogen and oxygen atoms in total. The lowest BCUT2D eigenvalue weighted by Crippen LogP contribution is -2.62. The van der Waals surface area contributed by atoms with E-state index in [0.29, 0.717) is 11.8 Å². The first-order chi connectivity index (χ1) is 12.1. The van der Waals surface area contributed by atoms with E-state index in [4.69, 9.17) is 5.73 Å². The molecule has 0 aromatic heterocycles. The van der Waals surface area contributed by atoms with Gasteiger partial charge in [-0.2, -0.15) is 0 Å². The lowest BCUT2D eigenvalue weighted by molar-refractivity contribution is -0.128. The van der Waals surface area contributed by atoms with Crippen molar-refractivity contribution in [2.75, 3.05) is 39.8 Å². The Hall–Kier alpha value is -0.650. The van der Waals surface area contributed by atoms with Gasteiger partial charge in [-0.25, -0.2) is 0 Å². The number of hydrogen-bond donors (Lipinski definition) is 2. The zero-order chi connectivity index (χ0) is 17.4. The molecule has 2 heterocycles. The molecule has 0 radical (unpaired) electrons. The van der Waals surface area contributed by atoms with E-state index in [-0.39, 0.29) is 23.4 Å². The maximum Gasteiger partial charge on any atom is 0.225 e. The first kappa shape index (κ1) is 17.7. The standard InChI is InChI=1S/C20H36N4O/c1-23-11-7-20(8-12-23,24-9-3-2-4-10-24)14-22-19(25)17-15-5-6-16(13-15)18(17)21/h15-18H,2-14,21H2,1H3,(H,22,25). The van der Waals surface area contributed by atoms with Crippen LogP contribution in [0.15, 0.2) is 0 Å². The van der Waals surface area contributed by atoms with Crippen LogP contribution in [-0.2, 0) is 4.79 Å². The maximum atomic E-state index is 13.0. The summed E-state index contributed by atoms with van der Waals surface area (Å²) in [5.41, 5.74) is 6.56. The summed E-state index contributed by atoms with van der Waals surface area (Å²) in [4.78, 5) is 18.1. The molecule has 2 saturated carbocycles. The number of rotatable bonds is 4. The van der Waals surface area contributed by atoms with Crippen molar-refractivity contribution in [3.63, 3.8) is 0 Å². The molecule has 4 unspecified atom stereocenters. The van der Waals surface area contributed by atoms with E-state index < -0.39 is 0 Å². The Balaban J connectivity index is 1.41. The van der Waals surface area contributed by atoms with Crippen molar-refractivity contribution in [3.8, 4) is 0 Å². The van der Waals surface area contributed by atoms with Gasteiger partial charge < -0.3 is 16.0 Å². The minimum absolute atomic E-state index is 0.0726. The number of likely N-dealkylation sites (tertiary alicyclic amines) is 2. The summed E-state index contributed by atoms with van der Waals surface area (Å²) in [5, 5.41) is 3.38. The third-order valence-corrected chi connectivity index (χ3v) is 7.82. The van der Waals surface area contributed by atoms with Gasteiger partial charge in [-0.15, -0.1) is 0 Å². The van der Waals surface area contributed by atoms with Crippen LogP contribution in [0.1, 0.15) is 51.4 Å². The molecule has 142 valence electrons. The molecule has 3 N–H and O–H groups in total. The second-order valence-corrected chi connectivity index (χ2v) is 9.23. The average molecular weight is 349 g/mol. The lowest BCUT2D eigenvalue weighted by atomic mass is 9.82. The number of piperidine rings is 2. The van der Waals surface area contributed by atoms with Crippen LogP contribution in [0.5, 0.6) is 0 Å². The number of fused-ring (bicyclic) bond motifs is 2. The molecule has 2 aliphatic heterocycles. The van der Waals surface area contributed by atoms with E-state index in [2.05, 4.69) is 22.2 Å². The van der Waals surface area contributed by atoms with E-state index in [1.54, 1.807) is 0 Å². The van der Waals surface area contributed by atoms with Gasteiger partial charge in [0.25, 0.3) is 0 Å². The van der Waals surface area contributed by atoms with Crippen LogP contribution in [0.25, 0.3) is 0 Å². The first-order valence-electron chi connectivity index (χ1n) is 10.6. The van der Waals surface area contributed by atoms with E-state index in [9.17, 15) is 4.79 Å². The molecule has 4 atom stereocenters. The molecule has 5 heteroatoms. The van der Waals surface area contributed by atoms with E-state index in [1.165, 1.54) is 64.5 Å². The third kappa shape index (κ3) is 3.35. The zero-order valence-corrected chi connectivity index (χ0v) is 15.9. The van der Waals surface area contributed by atoms with Crippen LogP contribution in [0.3, 0.4) is 0 Å². The minimum atomic E-state index is 0.0726. The normalized spacial score (nSPS) is 38.8. The molecular weight excluding hydrogens is 312 g/mol.